The Morgan fingerprint density at radius 2 is 1.89 bits per heavy atom. The molecule has 0 aliphatic carbocycles. The minimum absolute atomic E-state index is 0.0753. The van der Waals surface area contributed by atoms with Crippen molar-refractivity contribution in [1.29, 1.82) is 0 Å². The molecular formula is C12H28N2O3S. The normalized spacial score (nSPS) is 12.9. The smallest absolute Gasteiger partial charge is 0.211 e. The zero-order chi connectivity index (χ0) is 14.1. The summed E-state index contributed by atoms with van der Waals surface area (Å²) in [6, 6.07) is 0. The first-order chi connectivity index (χ1) is 8.33. The van der Waals surface area contributed by atoms with Crippen molar-refractivity contribution < 1.29 is 13.2 Å². The maximum Gasteiger partial charge on any atom is 0.211 e. The van der Waals surface area contributed by atoms with Crippen molar-refractivity contribution in [3.63, 3.8) is 0 Å². The molecule has 0 bridgehead atoms. The van der Waals surface area contributed by atoms with E-state index in [1.54, 1.807) is 7.11 Å². The van der Waals surface area contributed by atoms with E-state index in [2.05, 4.69) is 10.0 Å². The number of unbranched alkanes of at least 4 members (excludes halogenated alkanes) is 1. The fourth-order valence-electron chi connectivity index (χ4n) is 1.44. The summed E-state index contributed by atoms with van der Waals surface area (Å²) in [5, 5.41) is 3.00. The summed E-state index contributed by atoms with van der Waals surface area (Å²) in [4.78, 5) is 0. The quantitative estimate of drug-likeness (QED) is 0.553. The molecule has 0 aromatic heterocycles. The summed E-state index contributed by atoms with van der Waals surface area (Å²) in [5.74, 6) is 0.203. The Hall–Kier alpha value is -0.170. The van der Waals surface area contributed by atoms with Crippen LogP contribution in [-0.2, 0) is 14.8 Å². The second-order valence-corrected chi connectivity index (χ2v) is 7.28. The largest absolute Gasteiger partial charge is 0.385 e. The average Bonchev–Trinajstić information content (AvgIpc) is 2.30. The molecule has 0 heterocycles. The van der Waals surface area contributed by atoms with Gasteiger partial charge in [-0.1, -0.05) is 13.8 Å². The Morgan fingerprint density at radius 3 is 2.44 bits per heavy atom. The van der Waals surface area contributed by atoms with Gasteiger partial charge in [0.15, 0.2) is 0 Å². The van der Waals surface area contributed by atoms with E-state index in [1.165, 1.54) is 0 Å². The number of nitrogens with one attached hydrogen (secondary N) is 2. The summed E-state index contributed by atoms with van der Waals surface area (Å²) in [6.45, 7) is 6.04. The third kappa shape index (κ3) is 9.82. The molecule has 0 unspecified atom stereocenters. The van der Waals surface area contributed by atoms with Gasteiger partial charge in [0.25, 0.3) is 0 Å². The van der Waals surface area contributed by atoms with Crippen LogP contribution in [0.4, 0.5) is 0 Å². The Kier molecular flexibility index (Phi) is 8.77. The molecule has 110 valence electrons. The molecule has 0 aromatic rings. The van der Waals surface area contributed by atoms with Gasteiger partial charge in [-0.05, 0) is 38.3 Å². The average molecular weight is 280 g/mol. The highest BCUT2D eigenvalue weighted by molar-refractivity contribution is 7.89. The highest BCUT2D eigenvalue weighted by Gasteiger charge is 2.20. The van der Waals surface area contributed by atoms with Gasteiger partial charge in [-0.3, -0.25) is 0 Å². The van der Waals surface area contributed by atoms with Gasteiger partial charge < -0.3 is 10.1 Å². The van der Waals surface area contributed by atoms with Crippen molar-refractivity contribution in [1.82, 2.24) is 10.0 Å². The molecule has 0 atom stereocenters. The second kappa shape index (κ2) is 8.85. The fraction of sp³-hybridized carbons (Fsp3) is 1.00. The van der Waals surface area contributed by atoms with Gasteiger partial charge in [-0.2, -0.15) is 0 Å². The van der Waals surface area contributed by atoms with E-state index in [0.717, 1.165) is 19.4 Å². The summed E-state index contributed by atoms with van der Waals surface area (Å²) in [7, 11) is 0.382. The third-order valence-corrected chi connectivity index (χ3v) is 4.25. The molecule has 0 rings (SSSR count). The lowest BCUT2D eigenvalue weighted by atomic mass is 9.90. The number of hydrogen-bond donors (Lipinski definition) is 2. The first kappa shape index (κ1) is 17.8. The lowest BCUT2D eigenvalue weighted by Crippen LogP contribution is -2.36. The Labute approximate surface area is 112 Å². The number of sulfonamides is 1. The summed E-state index contributed by atoms with van der Waals surface area (Å²) in [5.41, 5.74) is -0.0753. The van der Waals surface area contributed by atoms with Gasteiger partial charge in [0.2, 0.25) is 10.0 Å². The van der Waals surface area contributed by atoms with Crippen LogP contribution in [0.3, 0.4) is 0 Å². The van der Waals surface area contributed by atoms with Crippen LogP contribution in [0.15, 0.2) is 0 Å². The van der Waals surface area contributed by atoms with Crippen molar-refractivity contribution in [2.24, 2.45) is 5.41 Å². The van der Waals surface area contributed by atoms with Gasteiger partial charge in [0, 0.05) is 20.3 Å². The van der Waals surface area contributed by atoms with Crippen LogP contribution in [0.1, 0.15) is 33.1 Å². The summed E-state index contributed by atoms with van der Waals surface area (Å²) in [6.07, 6.45) is 2.41. The third-order valence-electron chi connectivity index (χ3n) is 2.84. The van der Waals surface area contributed by atoms with E-state index in [-0.39, 0.29) is 11.2 Å². The van der Waals surface area contributed by atoms with Gasteiger partial charge in [-0.15, -0.1) is 0 Å². The second-order valence-electron chi connectivity index (χ2n) is 5.36. The lowest BCUT2D eigenvalue weighted by molar-refractivity contribution is 0.153. The molecule has 0 aliphatic rings. The first-order valence-electron chi connectivity index (χ1n) is 6.44. The molecule has 0 spiro atoms. The molecule has 6 heteroatoms. The predicted octanol–water partition coefficient (Wildman–Crippen LogP) is 0.968. The van der Waals surface area contributed by atoms with Crippen LogP contribution >= 0.6 is 0 Å². The minimum atomic E-state index is -3.14. The summed E-state index contributed by atoms with van der Waals surface area (Å²) < 4.78 is 31.2. The monoisotopic (exact) mass is 280 g/mol. The first-order valence-corrected chi connectivity index (χ1v) is 8.09. The van der Waals surface area contributed by atoms with Crippen LogP contribution in [0, 0.1) is 5.41 Å². The Bertz CT molecular complexity index is 302. The van der Waals surface area contributed by atoms with Crippen molar-refractivity contribution >= 4 is 10.0 Å². The van der Waals surface area contributed by atoms with Crippen LogP contribution in [0.2, 0.25) is 0 Å². The molecule has 0 fully saturated rings. The molecule has 0 aromatic carbocycles. The highest BCUT2D eigenvalue weighted by Crippen LogP contribution is 2.19. The number of methoxy groups -OCH3 is 1. The Morgan fingerprint density at radius 1 is 1.22 bits per heavy atom. The molecule has 5 nitrogen and oxygen atoms in total. The lowest BCUT2D eigenvalue weighted by Gasteiger charge is -2.24. The van der Waals surface area contributed by atoms with E-state index in [4.69, 9.17) is 4.74 Å². The minimum Gasteiger partial charge on any atom is -0.385 e. The van der Waals surface area contributed by atoms with Crippen molar-refractivity contribution in [2.45, 2.75) is 33.1 Å². The molecule has 0 radical (unpaired) electrons. The Balaban J connectivity index is 3.94. The van der Waals surface area contributed by atoms with Gasteiger partial charge >= 0.3 is 0 Å². The van der Waals surface area contributed by atoms with Crippen LogP contribution in [0.25, 0.3) is 0 Å². The SMILES string of the molecule is CNCCCCS(=O)(=O)NCC(C)(C)CCOC. The molecule has 2 N–H and O–H groups in total. The molecule has 0 aliphatic heterocycles. The van der Waals surface area contributed by atoms with Gasteiger partial charge in [-0.25, -0.2) is 13.1 Å². The molecule has 0 amide bonds. The maximum absolute atomic E-state index is 11.8. The zero-order valence-electron chi connectivity index (χ0n) is 12.1. The van der Waals surface area contributed by atoms with Crippen LogP contribution in [-0.4, -0.2) is 48.0 Å². The van der Waals surface area contributed by atoms with Crippen LogP contribution < -0.4 is 10.0 Å². The number of hydrogen-bond acceptors (Lipinski definition) is 4. The van der Waals surface area contributed by atoms with Gasteiger partial charge in [0.05, 0.1) is 5.75 Å². The maximum atomic E-state index is 11.8. The zero-order valence-corrected chi connectivity index (χ0v) is 12.9. The van der Waals surface area contributed by atoms with Crippen molar-refractivity contribution in [3.05, 3.63) is 0 Å². The predicted molar refractivity (Wildman–Crippen MR) is 75.2 cm³/mol. The van der Waals surface area contributed by atoms with E-state index >= 15 is 0 Å². The molecular weight excluding hydrogens is 252 g/mol. The number of ether oxygens (including phenoxy) is 1. The van der Waals surface area contributed by atoms with E-state index in [9.17, 15) is 8.42 Å². The molecule has 0 saturated heterocycles. The topological polar surface area (TPSA) is 67.4 Å². The van der Waals surface area contributed by atoms with E-state index in [1.807, 2.05) is 20.9 Å². The van der Waals surface area contributed by atoms with Crippen molar-refractivity contribution in [3.8, 4) is 0 Å². The summed E-state index contributed by atoms with van der Waals surface area (Å²) >= 11 is 0. The standard InChI is InChI=1S/C12H28N2O3S/c1-12(2,7-9-17-4)11-14-18(15,16)10-6-5-8-13-3/h13-14H,5-11H2,1-4H3. The molecule has 18 heavy (non-hydrogen) atoms. The van der Waals surface area contributed by atoms with Crippen LogP contribution in [0.5, 0.6) is 0 Å². The van der Waals surface area contributed by atoms with Crippen molar-refractivity contribution in [2.75, 3.05) is 39.6 Å². The molecule has 0 saturated carbocycles. The fourth-order valence-corrected chi connectivity index (χ4v) is 2.78. The van der Waals surface area contributed by atoms with Gasteiger partial charge in [0.1, 0.15) is 0 Å². The van der Waals surface area contributed by atoms with E-state index < -0.39 is 10.0 Å². The van der Waals surface area contributed by atoms with E-state index in [0.29, 0.717) is 19.6 Å². The number of rotatable bonds is 11. The highest BCUT2D eigenvalue weighted by atomic mass is 32.2.